The standard InChI is InChI=1S/C12H15N5O/c1-3-18-10-5-4-9(16-17-10)12-11(8(2)13)14-6-7-15-12/h4-8H,3,13H2,1-2H3. The van der Waals surface area contributed by atoms with Crippen LogP contribution < -0.4 is 10.5 Å². The van der Waals surface area contributed by atoms with Crippen molar-refractivity contribution in [1.29, 1.82) is 0 Å². The van der Waals surface area contributed by atoms with E-state index in [1.54, 1.807) is 24.5 Å². The Morgan fingerprint density at radius 3 is 2.61 bits per heavy atom. The van der Waals surface area contributed by atoms with Gasteiger partial charge in [0, 0.05) is 24.5 Å². The van der Waals surface area contributed by atoms with Crippen LogP contribution >= 0.6 is 0 Å². The lowest BCUT2D eigenvalue weighted by Gasteiger charge is -2.09. The van der Waals surface area contributed by atoms with Gasteiger partial charge in [0.2, 0.25) is 5.88 Å². The van der Waals surface area contributed by atoms with Crippen LogP contribution in [0.25, 0.3) is 11.4 Å². The molecule has 6 nitrogen and oxygen atoms in total. The van der Waals surface area contributed by atoms with Crippen LogP contribution in [0.5, 0.6) is 5.88 Å². The summed E-state index contributed by atoms with van der Waals surface area (Å²) in [7, 11) is 0. The topological polar surface area (TPSA) is 86.8 Å². The Morgan fingerprint density at radius 1 is 1.22 bits per heavy atom. The molecule has 6 heteroatoms. The highest BCUT2D eigenvalue weighted by atomic mass is 16.5. The Labute approximate surface area is 105 Å². The zero-order valence-electron chi connectivity index (χ0n) is 10.4. The third-order valence-electron chi connectivity index (χ3n) is 2.33. The molecule has 1 unspecified atom stereocenters. The van der Waals surface area contributed by atoms with E-state index in [4.69, 9.17) is 10.5 Å². The molecule has 0 aliphatic heterocycles. The molecular weight excluding hydrogens is 230 g/mol. The average molecular weight is 245 g/mol. The number of nitrogens with zero attached hydrogens (tertiary/aromatic N) is 4. The molecule has 94 valence electrons. The van der Waals surface area contributed by atoms with E-state index < -0.39 is 0 Å². The molecule has 18 heavy (non-hydrogen) atoms. The summed E-state index contributed by atoms with van der Waals surface area (Å²) in [4.78, 5) is 8.49. The zero-order chi connectivity index (χ0) is 13.0. The second-order valence-electron chi connectivity index (χ2n) is 3.77. The second kappa shape index (κ2) is 5.50. The highest BCUT2D eigenvalue weighted by Gasteiger charge is 2.13. The molecule has 2 rings (SSSR count). The first-order valence-corrected chi connectivity index (χ1v) is 5.75. The smallest absolute Gasteiger partial charge is 0.233 e. The van der Waals surface area contributed by atoms with Gasteiger partial charge in [0.1, 0.15) is 11.4 Å². The fraction of sp³-hybridized carbons (Fsp3) is 0.333. The molecule has 2 aromatic heterocycles. The number of ether oxygens (including phenoxy) is 1. The number of rotatable bonds is 4. The van der Waals surface area contributed by atoms with Crippen molar-refractivity contribution in [2.45, 2.75) is 19.9 Å². The first-order chi connectivity index (χ1) is 8.72. The van der Waals surface area contributed by atoms with Gasteiger partial charge >= 0.3 is 0 Å². The molecule has 0 amide bonds. The first-order valence-electron chi connectivity index (χ1n) is 5.75. The summed E-state index contributed by atoms with van der Waals surface area (Å²) < 4.78 is 5.24. The van der Waals surface area contributed by atoms with Gasteiger partial charge in [-0.15, -0.1) is 10.2 Å². The molecule has 2 N–H and O–H groups in total. The zero-order valence-corrected chi connectivity index (χ0v) is 10.4. The van der Waals surface area contributed by atoms with Gasteiger partial charge in [-0.05, 0) is 19.9 Å². The first kappa shape index (κ1) is 12.4. The molecule has 0 spiro atoms. The molecular formula is C12H15N5O. The van der Waals surface area contributed by atoms with Crippen LogP contribution in [0.2, 0.25) is 0 Å². The lowest BCUT2D eigenvalue weighted by molar-refractivity contribution is 0.323. The third kappa shape index (κ3) is 2.60. The van der Waals surface area contributed by atoms with Gasteiger partial charge in [0.15, 0.2) is 0 Å². The Kier molecular flexibility index (Phi) is 3.78. The minimum atomic E-state index is -0.206. The molecule has 0 bridgehead atoms. The van der Waals surface area contributed by atoms with E-state index in [1.807, 2.05) is 13.8 Å². The predicted octanol–water partition coefficient (Wildman–Crippen LogP) is 1.35. The minimum Gasteiger partial charge on any atom is -0.477 e. The summed E-state index contributed by atoms with van der Waals surface area (Å²) in [5.41, 5.74) is 7.85. The van der Waals surface area contributed by atoms with Crippen LogP contribution in [-0.2, 0) is 0 Å². The number of hydrogen-bond donors (Lipinski definition) is 1. The number of hydrogen-bond acceptors (Lipinski definition) is 6. The lowest BCUT2D eigenvalue weighted by atomic mass is 10.1. The van der Waals surface area contributed by atoms with Crippen molar-refractivity contribution in [1.82, 2.24) is 20.2 Å². The molecule has 0 aliphatic rings. The van der Waals surface area contributed by atoms with E-state index in [-0.39, 0.29) is 6.04 Å². The molecule has 2 heterocycles. The van der Waals surface area contributed by atoms with Gasteiger partial charge in [0.25, 0.3) is 0 Å². The maximum Gasteiger partial charge on any atom is 0.233 e. The molecule has 1 atom stereocenters. The van der Waals surface area contributed by atoms with Crippen molar-refractivity contribution in [2.75, 3.05) is 6.61 Å². The van der Waals surface area contributed by atoms with Crippen molar-refractivity contribution < 1.29 is 4.74 Å². The molecule has 0 fully saturated rings. The summed E-state index contributed by atoms with van der Waals surface area (Å²) in [6.45, 7) is 4.31. The van der Waals surface area contributed by atoms with Crippen molar-refractivity contribution in [3.63, 3.8) is 0 Å². The summed E-state index contributed by atoms with van der Waals surface area (Å²) >= 11 is 0. The van der Waals surface area contributed by atoms with Crippen LogP contribution in [-0.4, -0.2) is 26.8 Å². The van der Waals surface area contributed by atoms with Crippen LogP contribution in [0.15, 0.2) is 24.5 Å². The summed E-state index contributed by atoms with van der Waals surface area (Å²) in [5.74, 6) is 0.493. The average Bonchev–Trinajstić information content (AvgIpc) is 2.40. The highest BCUT2D eigenvalue weighted by molar-refractivity contribution is 5.56. The minimum absolute atomic E-state index is 0.206. The SMILES string of the molecule is CCOc1ccc(-c2nccnc2C(C)N)nn1. The quantitative estimate of drug-likeness (QED) is 0.875. The van der Waals surface area contributed by atoms with Crippen molar-refractivity contribution in [2.24, 2.45) is 5.73 Å². The Morgan fingerprint density at radius 2 is 2.00 bits per heavy atom. The van der Waals surface area contributed by atoms with Crippen molar-refractivity contribution in [3.8, 4) is 17.3 Å². The predicted molar refractivity (Wildman–Crippen MR) is 66.8 cm³/mol. The van der Waals surface area contributed by atoms with Crippen LogP contribution in [0.3, 0.4) is 0 Å². The summed E-state index contributed by atoms with van der Waals surface area (Å²) in [6.07, 6.45) is 3.23. The second-order valence-corrected chi connectivity index (χ2v) is 3.77. The van der Waals surface area contributed by atoms with E-state index in [0.29, 0.717) is 29.6 Å². The van der Waals surface area contributed by atoms with Gasteiger partial charge in [-0.3, -0.25) is 9.97 Å². The molecule has 0 aromatic carbocycles. The molecule has 0 saturated heterocycles. The van der Waals surface area contributed by atoms with Gasteiger partial charge in [-0.25, -0.2) is 0 Å². The van der Waals surface area contributed by atoms with Crippen LogP contribution in [0.4, 0.5) is 0 Å². The normalized spacial score (nSPS) is 12.2. The molecule has 2 aromatic rings. The molecule has 0 aliphatic carbocycles. The fourth-order valence-corrected chi connectivity index (χ4v) is 1.55. The monoisotopic (exact) mass is 245 g/mol. The van der Waals surface area contributed by atoms with Gasteiger partial charge in [-0.1, -0.05) is 0 Å². The fourth-order valence-electron chi connectivity index (χ4n) is 1.55. The largest absolute Gasteiger partial charge is 0.477 e. The highest BCUT2D eigenvalue weighted by Crippen LogP contribution is 2.21. The van der Waals surface area contributed by atoms with Crippen LogP contribution in [0, 0.1) is 0 Å². The maximum atomic E-state index is 5.85. The van der Waals surface area contributed by atoms with E-state index >= 15 is 0 Å². The van der Waals surface area contributed by atoms with E-state index in [9.17, 15) is 0 Å². The Bertz CT molecular complexity index is 512. The number of nitrogens with two attached hydrogens (primary N) is 1. The van der Waals surface area contributed by atoms with E-state index in [2.05, 4.69) is 20.2 Å². The molecule has 0 radical (unpaired) electrons. The van der Waals surface area contributed by atoms with Crippen LogP contribution in [0.1, 0.15) is 25.6 Å². The molecule has 0 saturated carbocycles. The third-order valence-corrected chi connectivity index (χ3v) is 2.33. The van der Waals surface area contributed by atoms with Gasteiger partial charge < -0.3 is 10.5 Å². The van der Waals surface area contributed by atoms with Gasteiger partial charge in [-0.2, -0.15) is 0 Å². The van der Waals surface area contributed by atoms with Crippen molar-refractivity contribution in [3.05, 3.63) is 30.2 Å². The number of aromatic nitrogens is 4. The Balaban J connectivity index is 2.36. The lowest BCUT2D eigenvalue weighted by Crippen LogP contribution is -2.10. The van der Waals surface area contributed by atoms with E-state index in [1.165, 1.54) is 0 Å². The summed E-state index contributed by atoms with van der Waals surface area (Å²) in [5, 5.41) is 8.04. The summed E-state index contributed by atoms with van der Waals surface area (Å²) in [6, 6.07) is 3.35. The van der Waals surface area contributed by atoms with Gasteiger partial charge in [0.05, 0.1) is 12.3 Å². The van der Waals surface area contributed by atoms with Crippen molar-refractivity contribution >= 4 is 0 Å². The maximum absolute atomic E-state index is 5.85. The van der Waals surface area contributed by atoms with E-state index in [0.717, 1.165) is 0 Å². The Hall–Kier alpha value is -2.08.